The number of hydrogen-bond donors (Lipinski definition) is 1. The molecule has 168 valence electrons. The highest BCUT2D eigenvalue weighted by Crippen LogP contribution is 2.24. The molecule has 3 rings (SSSR count). The summed E-state index contributed by atoms with van der Waals surface area (Å²) >= 11 is 0. The maximum absolute atomic E-state index is 13.3. The van der Waals surface area contributed by atoms with Crippen LogP contribution < -0.4 is 5.32 Å². The molecule has 0 spiro atoms. The number of sulfonamides is 1. The van der Waals surface area contributed by atoms with Crippen molar-refractivity contribution in [1.29, 1.82) is 0 Å². The molecule has 1 N–H and O–H groups in total. The van der Waals surface area contributed by atoms with Crippen molar-refractivity contribution in [3.63, 3.8) is 0 Å². The van der Waals surface area contributed by atoms with Gasteiger partial charge in [0.05, 0.1) is 4.90 Å². The van der Waals surface area contributed by atoms with Crippen LogP contribution in [0.4, 0.5) is 0 Å². The van der Waals surface area contributed by atoms with Crippen molar-refractivity contribution in [2.24, 2.45) is 16.8 Å². The molecule has 0 radical (unpaired) electrons. The van der Waals surface area contributed by atoms with Crippen molar-refractivity contribution < 1.29 is 8.42 Å². The molecule has 2 heterocycles. The molecule has 0 saturated carbocycles. The average Bonchev–Trinajstić information content (AvgIpc) is 3.16. The van der Waals surface area contributed by atoms with Gasteiger partial charge in [-0.15, -0.1) is 0 Å². The van der Waals surface area contributed by atoms with Gasteiger partial charge in [-0.2, -0.15) is 4.31 Å². The van der Waals surface area contributed by atoms with Gasteiger partial charge in [0, 0.05) is 52.9 Å². The molecular weight excluding hydrogens is 398 g/mol. The molecular formula is C22H37N5O2S. The topological polar surface area (TPSA) is 68.2 Å². The third-order valence-electron chi connectivity index (χ3n) is 6.09. The normalized spacial score (nSPS) is 22.1. The Labute approximate surface area is 182 Å². The third-order valence-corrected chi connectivity index (χ3v) is 8.09. The highest BCUT2D eigenvalue weighted by atomic mass is 32.2. The number of rotatable bonds is 6. The van der Waals surface area contributed by atoms with Gasteiger partial charge in [0.1, 0.15) is 0 Å². The van der Waals surface area contributed by atoms with Crippen LogP contribution in [0, 0.1) is 11.8 Å². The molecule has 7 nitrogen and oxygen atoms in total. The van der Waals surface area contributed by atoms with Gasteiger partial charge in [-0.25, -0.2) is 8.42 Å². The van der Waals surface area contributed by atoms with Crippen LogP contribution in [-0.2, 0) is 16.6 Å². The molecule has 0 amide bonds. The Morgan fingerprint density at radius 3 is 2.53 bits per heavy atom. The summed E-state index contributed by atoms with van der Waals surface area (Å²) in [4.78, 5) is 9.31. The molecule has 0 aromatic heterocycles. The number of hydrogen-bond acceptors (Lipinski definition) is 4. The lowest BCUT2D eigenvalue weighted by molar-refractivity contribution is 0.222. The monoisotopic (exact) mass is 435 g/mol. The summed E-state index contributed by atoms with van der Waals surface area (Å²) in [5, 5.41) is 3.41. The highest BCUT2D eigenvalue weighted by molar-refractivity contribution is 7.89. The predicted octanol–water partition coefficient (Wildman–Crippen LogP) is 2.07. The predicted molar refractivity (Wildman–Crippen MR) is 122 cm³/mol. The summed E-state index contributed by atoms with van der Waals surface area (Å²) in [6.07, 6.45) is 2.42. The second-order valence-electron chi connectivity index (χ2n) is 8.95. The number of likely N-dealkylation sites (N-methyl/N-ethyl adjacent to an activating group) is 1. The number of nitrogens with zero attached hydrogens (tertiary/aromatic N) is 4. The van der Waals surface area contributed by atoms with E-state index in [1.54, 1.807) is 23.5 Å². The zero-order chi connectivity index (χ0) is 21.7. The van der Waals surface area contributed by atoms with E-state index in [2.05, 4.69) is 34.0 Å². The molecule has 1 atom stereocenters. The first-order valence-corrected chi connectivity index (χ1v) is 12.5. The summed E-state index contributed by atoms with van der Waals surface area (Å²) in [6, 6.07) is 7.33. The van der Waals surface area contributed by atoms with Crippen LogP contribution in [-0.4, -0.2) is 81.8 Å². The summed E-state index contributed by atoms with van der Waals surface area (Å²) in [5.74, 6) is 2.26. The molecule has 2 aliphatic heterocycles. The van der Waals surface area contributed by atoms with E-state index in [-0.39, 0.29) is 0 Å². The zero-order valence-corrected chi connectivity index (χ0v) is 19.7. The van der Waals surface area contributed by atoms with E-state index >= 15 is 0 Å². The molecule has 1 aromatic rings. The Kier molecular flexibility index (Phi) is 7.76. The van der Waals surface area contributed by atoms with Gasteiger partial charge < -0.3 is 15.1 Å². The summed E-state index contributed by atoms with van der Waals surface area (Å²) in [7, 11) is 0.323. The zero-order valence-electron chi connectivity index (χ0n) is 18.8. The standard InChI is InChI=1S/C22H37N5O2S/c1-18(2)15-19-9-10-26(17-19)22(23-3)24-16-20-7-5-6-8-21(20)30(28,29)27-13-11-25(4)12-14-27/h5-8,18-19H,9-17H2,1-4H3,(H,23,24). The van der Waals surface area contributed by atoms with Gasteiger partial charge in [-0.3, -0.25) is 4.99 Å². The van der Waals surface area contributed by atoms with Gasteiger partial charge >= 0.3 is 0 Å². The van der Waals surface area contributed by atoms with Crippen LogP contribution in [0.3, 0.4) is 0 Å². The van der Waals surface area contributed by atoms with Gasteiger partial charge in [-0.1, -0.05) is 32.0 Å². The first-order valence-electron chi connectivity index (χ1n) is 11.0. The fraction of sp³-hybridized carbons (Fsp3) is 0.682. The fourth-order valence-electron chi connectivity index (χ4n) is 4.46. The van der Waals surface area contributed by atoms with Crippen molar-refractivity contribution >= 4 is 16.0 Å². The number of aliphatic imine (C=N–C) groups is 1. The molecule has 8 heteroatoms. The number of nitrogens with one attached hydrogen (secondary N) is 1. The highest BCUT2D eigenvalue weighted by Gasteiger charge is 2.30. The maximum Gasteiger partial charge on any atom is 0.243 e. The largest absolute Gasteiger partial charge is 0.352 e. The van der Waals surface area contributed by atoms with Crippen LogP contribution in [0.25, 0.3) is 0 Å². The third kappa shape index (κ3) is 5.53. The number of guanidine groups is 1. The van der Waals surface area contributed by atoms with Crippen LogP contribution >= 0.6 is 0 Å². The van der Waals surface area contributed by atoms with E-state index in [9.17, 15) is 8.42 Å². The Bertz CT molecular complexity index is 832. The molecule has 2 aliphatic rings. The van der Waals surface area contributed by atoms with Crippen molar-refractivity contribution in [2.75, 3.05) is 53.4 Å². The molecule has 0 bridgehead atoms. The molecule has 2 fully saturated rings. The van der Waals surface area contributed by atoms with Crippen LogP contribution in [0.1, 0.15) is 32.3 Å². The summed E-state index contributed by atoms with van der Waals surface area (Å²) in [5.41, 5.74) is 0.788. The summed E-state index contributed by atoms with van der Waals surface area (Å²) < 4.78 is 28.1. The van der Waals surface area contributed by atoms with Crippen LogP contribution in [0.15, 0.2) is 34.2 Å². The van der Waals surface area contributed by atoms with Crippen LogP contribution in [0.2, 0.25) is 0 Å². The van der Waals surface area contributed by atoms with E-state index in [0.717, 1.165) is 37.7 Å². The molecule has 2 saturated heterocycles. The second kappa shape index (κ2) is 10.1. The van der Waals surface area contributed by atoms with Crippen LogP contribution in [0.5, 0.6) is 0 Å². The molecule has 1 unspecified atom stereocenters. The van der Waals surface area contributed by atoms with Crippen molar-refractivity contribution in [3.8, 4) is 0 Å². The number of likely N-dealkylation sites (tertiary alicyclic amines) is 1. The van der Waals surface area contributed by atoms with Gasteiger partial charge in [0.15, 0.2) is 5.96 Å². The first kappa shape index (κ1) is 23.0. The van der Waals surface area contributed by atoms with E-state index in [1.807, 2.05) is 19.2 Å². The Hall–Kier alpha value is -1.64. The van der Waals surface area contributed by atoms with E-state index in [0.29, 0.717) is 36.4 Å². The minimum atomic E-state index is -3.50. The SMILES string of the molecule is CN=C(NCc1ccccc1S(=O)(=O)N1CCN(C)CC1)N1CCC(CC(C)C)C1. The van der Waals surface area contributed by atoms with Crippen molar-refractivity contribution in [1.82, 2.24) is 19.4 Å². The van der Waals surface area contributed by atoms with E-state index < -0.39 is 10.0 Å². The Balaban J connectivity index is 1.68. The lowest BCUT2D eigenvalue weighted by atomic mass is 9.97. The Morgan fingerprint density at radius 1 is 1.17 bits per heavy atom. The quantitative estimate of drug-likeness (QED) is 0.547. The molecule has 1 aromatic carbocycles. The van der Waals surface area contributed by atoms with Gasteiger partial charge in [-0.05, 0) is 43.4 Å². The van der Waals surface area contributed by atoms with E-state index in [1.165, 1.54) is 12.8 Å². The van der Waals surface area contributed by atoms with Gasteiger partial charge in [0.2, 0.25) is 10.0 Å². The number of benzene rings is 1. The minimum absolute atomic E-state index is 0.400. The summed E-state index contributed by atoms with van der Waals surface area (Å²) in [6.45, 7) is 9.59. The van der Waals surface area contributed by atoms with Gasteiger partial charge in [0.25, 0.3) is 0 Å². The lowest BCUT2D eigenvalue weighted by Crippen LogP contribution is -2.47. The van der Waals surface area contributed by atoms with Crippen molar-refractivity contribution in [2.45, 2.75) is 38.1 Å². The number of piperazine rings is 1. The van der Waals surface area contributed by atoms with Crippen molar-refractivity contribution in [3.05, 3.63) is 29.8 Å². The minimum Gasteiger partial charge on any atom is -0.352 e. The smallest absolute Gasteiger partial charge is 0.243 e. The lowest BCUT2D eigenvalue weighted by Gasteiger charge is -2.32. The second-order valence-corrected chi connectivity index (χ2v) is 10.9. The average molecular weight is 436 g/mol. The maximum atomic E-state index is 13.3. The molecule has 0 aliphatic carbocycles. The van der Waals surface area contributed by atoms with E-state index in [4.69, 9.17) is 0 Å². The fourth-order valence-corrected chi connectivity index (χ4v) is 6.10. The Morgan fingerprint density at radius 2 is 1.87 bits per heavy atom. The first-order chi connectivity index (χ1) is 14.3. The molecule has 30 heavy (non-hydrogen) atoms.